The molecular weight excluding hydrogens is 432 g/mol. The van der Waals surface area contributed by atoms with Gasteiger partial charge in [-0.15, -0.1) is 15.3 Å². The molecule has 1 saturated heterocycles. The van der Waals surface area contributed by atoms with Crippen LogP contribution in [0.25, 0.3) is 22.7 Å². The van der Waals surface area contributed by atoms with Gasteiger partial charge in [0.05, 0.1) is 24.0 Å². The van der Waals surface area contributed by atoms with Crippen LogP contribution in [0, 0.1) is 0 Å². The summed E-state index contributed by atoms with van der Waals surface area (Å²) < 4.78 is 37.3. The van der Waals surface area contributed by atoms with Crippen LogP contribution >= 0.6 is 0 Å². The number of halogens is 2. The molecule has 170 valence electrons. The number of hydrogen-bond donors (Lipinski definition) is 1. The number of ether oxygens (including phenoxy) is 1. The molecule has 0 unspecified atom stereocenters. The molecule has 9 nitrogen and oxygen atoms in total. The van der Waals surface area contributed by atoms with Crippen LogP contribution in [0.3, 0.4) is 0 Å². The van der Waals surface area contributed by atoms with Crippen LogP contribution < -0.4 is 5.32 Å². The van der Waals surface area contributed by atoms with Crippen LogP contribution in [0.5, 0.6) is 0 Å². The number of alkyl halides is 2. The van der Waals surface area contributed by atoms with E-state index in [0.717, 1.165) is 48.7 Å². The summed E-state index contributed by atoms with van der Waals surface area (Å²) in [4.78, 5) is 4.34. The molecule has 0 saturated carbocycles. The summed E-state index contributed by atoms with van der Waals surface area (Å²) in [6.45, 7) is 1.97. The van der Waals surface area contributed by atoms with Gasteiger partial charge < -0.3 is 14.5 Å². The number of pyridine rings is 1. The van der Waals surface area contributed by atoms with Crippen LogP contribution in [-0.2, 0) is 11.3 Å². The Morgan fingerprint density at radius 2 is 1.94 bits per heavy atom. The number of anilines is 1. The van der Waals surface area contributed by atoms with Crippen molar-refractivity contribution >= 4 is 5.69 Å². The lowest BCUT2D eigenvalue weighted by molar-refractivity contribution is 0.0904. The molecule has 1 aliphatic heterocycles. The molecule has 33 heavy (non-hydrogen) atoms. The summed E-state index contributed by atoms with van der Waals surface area (Å²) >= 11 is 0. The van der Waals surface area contributed by atoms with Crippen LogP contribution in [0.4, 0.5) is 14.5 Å². The third-order valence-electron chi connectivity index (χ3n) is 5.31. The summed E-state index contributed by atoms with van der Waals surface area (Å²) in [5, 5.41) is 19.0. The first-order valence-corrected chi connectivity index (χ1v) is 10.6. The Morgan fingerprint density at radius 3 is 2.70 bits per heavy atom. The molecule has 11 heteroatoms. The Bertz CT molecular complexity index is 1200. The molecule has 4 aromatic rings. The van der Waals surface area contributed by atoms with Crippen molar-refractivity contribution in [2.75, 3.05) is 18.5 Å². The first kappa shape index (κ1) is 21.1. The van der Waals surface area contributed by atoms with Crippen LogP contribution in [-0.4, -0.2) is 49.4 Å². The van der Waals surface area contributed by atoms with Crippen molar-refractivity contribution in [2.24, 2.45) is 0 Å². The zero-order chi connectivity index (χ0) is 22.6. The maximum Gasteiger partial charge on any atom is 0.314 e. The van der Waals surface area contributed by atoms with E-state index in [-0.39, 0.29) is 5.89 Å². The van der Waals surface area contributed by atoms with Gasteiger partial charge in [-0.25, -0.2) is 4.68 Å². The van der Waals surface area contributed by atoms with Gasteiger partial charge in [-0.2, -0.15) is 8.78 Å². The summed E-state index contributed by atoms with van der Waals surface area (Å²) in [6.07, 6.45) is 2.54. The van der Waals surface area contributed by atoms with Crippen LogP contribution in [0.2, 0.25) is 0 Å². The highest BCUT2D eigenvalue weighted by Gasteiger charge is 2.17. The van der Waals surface area contributed by atoms with E-state index >= 15 is 0 Å². The lowest BCUT2D eigenvalue weighted by Crippen LogP contribution is -2.27. The topological polar surface area (TPSA) is 104 Å². The van der Waals surface area contributed by atoms with Gasteiger partial charge in [-0.1, -0.05) is 17.3 Å². The quantitative estimate of drug-likeness (QED) is 0.448. The monoisotopic (exact) mass is 453 g/mol. The fourth-order valence-electron chi connectivity index (χ4n) is 3.60. The molecule has 5 rings (SSSR count). The molecule has 1 N–H and O–H groups in total. The van der Waals surface area contributed by atoms with Gasteiger partial charge in [0.2, 0.25) is 5.89 Å². The van der Waals surface area contributed by atoms with Gasteiger partial charge in [0.15, 0.2) is 0 Å². The lowest BCUT2D eigenvalue weighted by Gasteiger charge is -2.24. The summed E-state index contributed by atoms with van der Waals surface area (Å²) in [6, 6.07) is 11.9. The highest BCUT2D eigenvalue weighted by atomic mass is 19.3. The van der Waals surface area contributed by atoms with Crippen molar-refractivity contribution in [3.05, 3.63) is 60.4 Å². The molecule has 0 amide bonds. The number of aromatic nitrogens is 6. The van der Waals surface area contributed by atoms with E-state index in [4.69, 9.17) is 9.15 Å². The van der Waals surface area contributed by atoms with Crippen molar-refractivity contribution in [3.63, 3.8) is 0 Å². The fourth-order valence-corrected chi connectivity index (χ4v) is 3.60. The van der Waals surface area contributed by atoms with Gasteiger partial charge >= 0.3 is 6.43 Å². The van der Waals surface area contributed by atoms with Crippen molar-refractivity contribution in [3.8, 4) is 22.7 Å². The van der Waals surface area contributed by atoms with Gasteiger partial charge in [0.1, 0.15) is 5.69 Å². The van der Waals surface area contributed by atoms with Gasteiger partial charge in [0, 0.05) is 36.7 Å². The standard InChI is InChI=1S/C22H21F2N7O2/c23-20(24)22-29-28-21(33-22)15-4-5-18(25-11-15)12-31-13-19(27-30-31)14-2-1-3-17(10-14)26-16-6-8-32-9-7-16/h1-5,10-11,13,16,20,26H,6-9,12H2. The molecule has 1 aliphatic rings. The van der Waals surface area contributed by atoms with E-state index in [9.17, 15) is 8.78 Å². The molecule has 0 spiro atoms. The van der Waals surface area contributed by atoms with Gasteiger partial charge in [-0.3, -0.25) is 4.98 Å². The number of nitrogens with one attached hydrogen (secondary N) is 1. The average molecular weight is 453 g/mol. The predicted molar refractivity (Wildman–Crippen MR) is 115 cm³/mol. The second-order valence-corrected chi connectivity index (χ2v) is 7.70. The van der Waals surface area contributed by atoms with Crippen molar-refractivity contribution < 1.29 is 17.9 Å². The zero-order valence-corrected chi connectivity index (χ0v) is 17.6. The largest absolute Gasteiger partial charge is 0.415 e. The Kier molecular flexibility index (Phi) is 6.03. The predicted octanol–water partition coefficient (Wildman–Crippen LogP) is 3.97. The lowest BCUT2D eigenvalue weighted by atomic mass is 10.1. The number of nitrogens with zero attached hydrogens (tertiary/aromatic N) is 6. The number of rotatable bonds is 7. The molecule has 4 heterocycles. The average Bonchev–Trinajstić information content (AvgIpc) is 3.51. The zero-order valence-electron chi connectivity index (χ0n) is 17.6. The molecule has 0 aliphatic carbocycles. The number of hydrogen-bond acceptors (Lipinski definition) is 8. The van der Waals surface area contributed by atoms with Crippen molar-refractivity contribution in [1.29, 1.82) is 0 Å². The van der Waals surface area contributed by atoms with E-state index in [0.29, 0.717) is 18.2 Å². The summed E-state index contributed by atoms with van der Waals surface area (Å²) in [5.41, 5.74) is 3.95. The molecule has 3 aromatic heterocycles. The third kappa shape index (κ3) is 5.03. The summed E-state index contributed by atoms with van der Waals surface area (Å²) in [5.74, 6) is -0.710. The van der Waals surface area contributed by atoms with Crippen LogP contribution in [0.15, 0.2) is 53.2 Å². The summed E-state index contributed by atoms with van der Waals surface area (Å²) in [7, 11) is 0. The highest BCUT2D eigenvalue weighted by Crippen LogP contribution is 2.24. The van der Waals surface area contributed by atoms with E-state index in [1.807, 2.05) is 24.4 Å². The van der Waals surface area contributed by atoms with Crippen LogP contribution in [0.1, 0.15) is 30.9 Å². The smallest absolute Gasteiger partial charge is 0.314 e. The van der Waals surface area contributed by atoms with Crippen molar-refractivity contribution in [2.45, 2.75) is 31.9 Å². The Balaban J connectivity index is 1.25. The van der Waals surface area contributed by atoms with Crippen molar-refractivity contribution in [1.82, 2.24) is 30.2 Å². The number of benzene rings is 1. The first-order valence-electron chi connectivity index (χ1n) is 10.6. The van der Waals surface area contributed by atoms with E-state index in [1.165, 1.54) is 6.20 Å². The molecule has 1 aromatic carbocycles. The Morgan fingerprint density at radius 1 is 1.06 bits per heavy atom. The minimum absolute atomic E-state index is 0.00151. The fraction of sp³-hybridized carbons (Fsp3) is 0.318. The maximum atomic E-state index is 12.6. The minimum atomic E-state index is -2.81. The Hall–Kier alpha value is -3.73. The van der Waals surface area contributed by atoms with E-state index < -0.39 is 12.3 Å². The molecular formula is C22H21F2N7O2. The van der Waals surface area contributed by atoms with Gasteiger partial charge in [0.25, 0.3) is 5.89 Å². The van der Waals surface area contributed by atoms with E-state index in [1.54, 1.807) is 16.8 Å². The molecule has 1 fully saturated rings. The molecule has 0 radical (unpaired) electrons. The first-order chi connectivity index (χ1) is 16.1. The Labute approximate surface area is 187 Å². The normalized spacial score (nSPS) is 14.6. The second-order valence-electron chi connectivity index (χ2n) is 7.70. The molecule has 0 atom stereocenters. The SMILES string of the molecule is FC(F)c1nnc(-c2ccc(Cn3cc(-c4cccc(NC5CCOCC5)c4)nn3)nc2)o1. The maximum absolute atomic E-state index is 12.6. The second kappa shape index (κ2) is 9.41. The third-order valence-corrected chi connectivity index (χ3v) is 5.31. The minimum Gasteiger partial charge on any atom is -0.415 e. The van der Waals surface area contributed by atoms with Gasteiger partial charge in [-0.05, 0) is 37.1 Å². The molecule has 0 bridgehead atoms. The highest BCUT2D eigenvalue weighted by molar-refractivity contribution is 5.64. The van der Waals surface area contributed by atoms with E-state index in [2.05, 4.69) is 36.9 Å².